The molecule has 0 saturated carbocycles. The molecule has 0 aliphatic carbocycles. The number of alkyl halides is 1. The lowest BCUT2D eigenvalue weighted by molar-refractivity contribution is 0.317. The van der Waals surface area contributed by atoms with Crippen LogP contribution in [-0.2, 0) is 0 Å². The van der Waals surface area contributed by atoms with E-state index >= 15 is 0 Å². The molecule has 1 unspecified atom stereocenters. The molecule has 2 nitrogen and oxygen atoms in total. The molecule has 0 heterocycles. The van der Waals surface area contributed by atoms with E-state index in [-0.39, 0.29) is 4.83 Å². The number of hydrogen-bond donors (Lipinski definition) is 0. The van der Waals surface area contributed by atoms with Crippen molar-refractivity contribution in [1.82, 2.24) is 0 Å². The summed E-state index contributed by atoms with van der Waals surface area (Å²) < 4.78 is 5.43. The molecule has 14 heavy (non-hydrogen) atoms. The van der Waals surface area contributed by atoms with Crippen LogP contribution >= 0.6 is 15.9 Å². The lowest BCUT2D eigenvalue weighted by Crippen LogP contribution is -1.95. The highest BCUT2D eigenvalue weighted by atomic mass is 79.9. The molecule has 0 fully saturated rings. The highest BCUT2D eigenvalue weighted by Crippen LogP contribution is 2.23. The van der Waals surface area contributed by atoms with Crippen LogP contribution in [0.2, 0.25) is 0 Å². The van der Waals surface area contributed by atoms with Crippen LogP contribution in [0, 0.1) is 11.3 Å². The second kappa shape index (κ2) is 5.66. The van der Waals surface area contributed by atoms with E-state index in [9.17, 15) is 0 Å². The number of benzene rings is 1. The van der Waals surface area contributed by atoms with Gasteiger partial charge in [-0.15, -0.1) is 0 Å². The molecule has 0 N–H and O–H groups in total. The van der Waals surface area contributed by atoms with E-state index in [0.717, 1.165) is 24.3 Å². The lowest BCUT2D eigenvalue weighted by Gasteiger charge is -2.05. The summed E-state index contributed by atoms with van der Waals surface area (Å²) in [6.45, 7) is 2.80. The number of nitrogens with zero attached hydrogens (tertiary/aromatic N) is 1. The van der Waals surface area contributed by atoms with Crippen LogP contribution in [0.3, 0.4) is 0 Å². The third-order valence-corrected chi connectivity index (χ3v) is 2.49. The average molecular weight is 254 g/mol. The van der Waals surface area contributed by atoms with Gasteiger partial charge in [-0.3, -0.25) is 0 Å². The maximum Gasteiger partial charge on any atom is 0.126 e. The van der Waals surface area contributed by atoms with E-state index in [1.165, 1.54) is 0 Å². The van der Waals surface area contributed by atoms with Crippen LogP contribution < -0.4 is 4.74 Å². The van der Waals surface area contributed by atoms with Crippen molar-refractivity contribution in [2.45, 2.75) is 18.2 Å². The van der Waals surface area contributed by atoms with Gasteiger partial charge in [-0.25, -0.2) is 0 Å². The van der Waals surface area contributed by atoms with Gasteiger partial charge in [0.1, 0.15) is 10.6 Å². The van der Waals surface area contributed by atoms with Gasteiger partial charge in [-0.05, 0) is 24.1 Å². The van der Waals surface area contributed by atoms with Crippen molar-refractivity contribution in [3.8, 4) is 11.8 Å². The minimum atomic E-state index is -0.234. The van der Waals surface area contributed by atoms with E-state index < -0.39 is 0 Å². The Bertz CT molecular complexity index is 315. The fourth-order valence-corrected chi connectivity index (χ4v) is 1.33. The Kier molecular flexibility index (Phi) is 4.48. The maximum absolute atomic E-state index is 8.67. The summed E-state index contributed by atoms with van der Waals surface area (Å²) in [5.74, 6) is 0.855. The van der Waals surface area contributed by atoms with Gasteiger partial charge in [0.05, 0.1) is 12.7 Å². The molecular formula is C11H12BrNO. The number of halogens is 1. The molecule has 1 rings (SSSR count). The molecule has 0 amide bonds. The average Bonchev–Trinajstić information content (AvgIpc) is 2.26. The number of ether oxygens (including phenoxy) is 1. The summed E-state index contributed by atoms with van der Waals surface area (Å²) in [6, 6.07) is 9.68. The Balaban J connectivity index is 2.65. The van der Waals surface area contributed by atoms with Gasteiger partial charge < -0.3 is 4.74 Å². The Morgan fingerprint density at radius 1 is 1.43 bits per heavy atom. The quantitative estimate of drug-likeness (QED) is 0.771. The largest absolute Gasteiger partial charge is 0.494 e. The zero-order chi connectivity index (χ0) is 10.4. The van der Waals surface area contributed by atoms with Gasteiger partial charge in [0.25, 0.3) is 0 Å². The second-order valence-corrected chi connectivity index (χ2v) is 3.82. The Hall–Kier alpha value is -1.01. The van der Waals surface area contributed by atoms with Crippen LogP contribution in [-0.4, -0.2) is 6.61 Å². The van der Waals surface area contributed by atoms with Gasteiger partial charge in [0.15, 0.2) is 0 Å². The third kappa shape index (κ3) is 3.04. The summed E-state index contributed by atoms with van der Waals surface area (Å²) in [6.07, 6.45) is 1.00. The first kappa shape index (κ1) is 11.1. The molecule has 0 aliphatic rings. The fourth-order valence-electron chi connectivity index (χ4n) is 1.03. The van der Waals surface area contributed by atoms with Crippen LogP contribution in [0.25, 0.3) is 0 Å². The zero-order valence-corrected chi connectivity index (χ0v) is 9.62. The van der Waals surface area contributed by atoms with E-state index in [4.69, 9.17) is 10.00 Å². The van der Waals surface area contributed by atoms with Crippen molar-refractivity contribution in [3.05, 3.63) is 29.8 Å². The standard InChI is InChI=1S/C11H12BrNO/c1-2-7-14-10-5-3-9(4-6-10)11(12)8-13/h3-6,11H,2,7H2,1H3. The molecule has 0 spiro atoms. The van der Waals surface area contributed by atoms with Crippen LogP contribution in [0.4, 0.5) is 0 Å². The van der Waals surface area contributed by atoms with E-state index in [1.54, 1.807) is 0 Å². The summed E-state index contributed by atoms with van der Waals surface area (Å²) in [4.78, 5) is -0.234. The molecule has 0 aromatic heterocycles. The molecule has 0 saturated heterocycles. The second-order valence-electron chi connectivity index (χ2n) is 2.91. The molecule has 0 bridgehead atoms. The molecule has 0 radical (unpaired) electrons. The predicted molar refractivity (Wildman–Crippen MR) is 59.5 cm³/mol. The van der Waals surface area contributed by atoms with Gasteiger partial charge >= 0.3 is 0 Å². The van der Waals surface area contributed by atoms with Crippen LogP contribution in [0.1, 0.15) is 23.7 Å². The summed E-state index contributed by atoms with van der Waals surface area (Å²) in [5, 5.41) is 8.67. The first-order chi connectivity index (χ1) is 6.77. The summed E-state index contributed by atoms with van der Waals surface area (Å²) in [7, 11) is 0. The molecule has 0 aliphatic heterocycles. The first-order valence-corrected chi connectivity index (χ1v) is 5.46. The normalized spacial score (nSPS) is 11.8. The molecule has 1 atom stereocenters. The van der Waals surface area contributed by atoms with E-state index in [2.05, 4.69) is 28.9 Å². The van der Waals surface area contributed by atoms with Gasteiger partial charge in [-0.2, -0.15) is 5.26 Å². The lowest BCUT2D eigenvalue weighted by atomic mass is 10.2. The van der Waals surface area contributed by atoms with E-state index in [0.29, 0.717) is 0 Å². The number of nitriles is 1. The number of hydrogen-bond acceptors (Lipinski definition) is 2. The fraction of sp³-hybridized carbons (Fsp3) is 0.364. The Labute approximate surface area is 92.6 Å². The molecule has 3 heteroatoms. The first-order valence-electron chi connectivity index (χ1n) is 4.54. The predicted octanol–water partition coefficient (Wildman–Crippen LogP) is 3.43. The molecule has 74 valence electrons. The Morgan fingerprint density at radius 3 is 2.57 bits per heavy atom. The number of rotatable bonds is 4. The SMILES string of the molecule is CCCOc1ccc(C(Br)C#N)cc1. The topological polar surface area (TPSA) is 33.0 Å². The minimum Gasteiger partial charge on any atom is -0.494 e. The maximum atomic E-state index is 8.67. The van der Waals surface area contributed by atoms with Crippen molar-refractivity contribution >= 4 is 15.9 Å². The van der Waals surface area contributed by atoms with Crippen LogP contribution in [0.5, 0.6) is 5.75 Å². The monoisotopic (exact) mass is 253 g/mol. The summed E-state index contributed by atoms with van der Waals surface area (Å²) >= 11 is 3.26. The van der Waals surface area contributed by atoms with Gasteiger partial charge in [0.2, 0.25) is 0 Å². The highest BCUT2D eigenvalue weighted by Gasteiger charge is 2.04. The van der Waals surface area contributed by atoms with Gasteiger partial charge in [0, 0.05) is 0 Å². The van der Waals surface area contributed by atoms with Crippen molar-refractivity contribution in [2.75, 3.05) is 6.61 Å². The van der Waals surface area contributed by atoms with E-state index in [1.807, 2.05) is 24.3 Å². The van der Waals surface area contributed by atoms with Gasteiger partial charge in [-0.1, -0.05) is 35.0 Å². The zero-order valence-electron chi connectivity index (χ0n) is 8.03. The minimum absolute atomic E-state index is 0.234. The van der Waals surface area contributed by atoms with Crippen LogP contribution in [0.15, 0.2) is 24.3 Å². The summed E-state index contributed by atoms with van der Waals surface area (Å²) in [5.41, 5.74) is 0.955. The van der Waals surface area contributed by atoms with Crippen molar-refractivity contribution < 1.29 is 4.74 Å². The molecule has 1 aromatic rings. The smallest absolute Gasteiger partial charge is 0.126 e. The van der Waals surface area contributed by atoms with Crippen molar-refractivity contribution in [3.63, 3.8) is 0 Å². The van der Waals surface area contributed by atoms with Crippen molar-refractivity contribution in [1.29, 1.82) is 5.26 Å². The Morgan fingerprint density at radius 2 is 2.07 bits per heavy atom. The van der Waals surface area contributed by atoms with Crippen molar-refractivity contribution in [2.24, 2.45) is 0 Å². The molecular weight excluding hydrogens is 242 g/mol. The third-order valence-electron chi connectivity index (χ3n) is 1.76. The molecule has 1 aromatic carbocycles. The highest BCUT2D eigenvalue weighted by molar-refractivity contribution is 9.09.